The van der Waals surface area contributed by atoms with Crippen LogP contribution in [-0.4, -0.2) is 11.9 Å². The van der Waals surface area contributed by atoms with Crippen molar-refractivity contribution < 1.29 is 14.0 Å². The summed E-state index contributed by atoms with van der Waals surface area (Å²) in [5.41, 5.74) is -0.0935. The standard InChI is InChI=1S/C14H18N2O3/c1-4-5-6-7-10-8-11(19-9(10)2)14(3)12(17)15-13(18)16-14/h5-6,8H,4,7H2,1-3H3,(H2,15,16,17,18)/b6-5-/t14-/m0/s1. The topological polar surface area (TPSA) is 71.3 Å². The Balaban J connectivity index is 2.27. The molecule has 0 radical (unpaired) electrons. The van der Waals surface area contributed by atoms with Gasteiger partial charge in [-0.05, 0) is 38.3 Å². The molecule has 102 valence electrons. The fraction of sp³-hybridized carbons (Fsp3) is 0.429. The molecule has 0 saturated carbocycles. The number of rotatable bonds is 4. The maximum Gasteiger partial charge on any atom is 0.322 e. The van der Waals surface area contributed by atoms with E-state index in [9.17, 15) is 9.59 Å². The molecule has 1 fully saturated rings. The zero-order valence-corrected chi connectivity index (χ0v) is 11.4. The lowest BCUT2D eigenvalue weighted by Gasteiger charge is -2.16. The highest BCUT2D eigenvalue weighted by atomic mass is 16.3. The Kier molecular flexibility index (Phi) is 3.46. The van der Waals surface area contributed by atoms with Gasteiger partial charge in [-0.25, -0.2) is 4.79 Å². The van der Waals surface area contributed by atoms with E-state index in [0.29, 0.717) is 5.76 Å². The summed E-state index contributed by atoms with van der Waals surface area (Å²) in [4.78, 5) is 23.1. The molecule has 0 aromatic carbocycles. The quantitative estimate of drug-likeness (QED) is 0.645. The van der Waals surface area contributed by atoms with Crippen LogP contribution in [0.4, 0.5) is 4.79 Å². The van der Waals surface area contributed by atoms with Gasteiger partial charge in [-0.3, -0.25) is 10.1 Å². The van der Waals surface area contributed by atoms with Crippen LogP contribution in [0, 0.1) is 6.92 Å². The number of carbonyl (C=O) groups excluding carboxylic acids is 2. The Hall–Kier alpha value is -2.04. The molecule has 19 heavy (non-hydrogen) atoms. The molecule has 1 aliphatic rings. The summed E-state index contributed by atoms with van der Waals surface area (Å²) in [5.74, 6) is 0.848. The summed E-state index contributed by atoms with van der Waals surface area (Å²) < 4.78 is 5.64. The molecule has 0 unspecified atom stereocenters. The van der Waals surface area contributed by atoms with E-state index in [1.54, 1.807) is 6.92 Å². The van der Waals surface area contributed by atoms with E-state index >= 15 is 0 Å². The van der Waals surface area contributed by atoms with E-state index in [0.717, 1.165) is 24.2 Å². The third-order valence-electron chi connectivity index (χ3n) is 3.30. The normalized spacial score (nSPS) is 22.9. The van der Waals surface area contributed by atoms with E-state index in [2.05, 4.69) is 29.7 Å². The number of furan rings is 1. The fourth-order valence-electron chi connectivity index (χ4n) is 2.06. The summed E-state index contributed by atoms with van der Waals surface area (Å²) in [6, 6.07) is 1.34. The maximum atomic E-state index is 11.8. The number of allylic oxidation sites excluding steroid dienone is 2. The highest BCUT2D eigenvalue weighted by Gasteiger charge is 2.46. The van der Waals surface area contributed by atoms with Crippen molar-refractivity contribution in [3.05, 3.63) is 35.3 Å². The molecule has 1 atom stereocenters. The lowest BCUT2D eigenvalue weighted by Crippen LogP contribution is -2.40. The fourth-order valence-corrected chi connectivity index (χ4v) is 2.06. The Bertz CT molecular complexity index is 545. The number of hydrogen-bond acceptors (Lipinski definition) is 3. The van der Waals surface area contributed by atoms with Crippen LogP contribution in [0.1, 0.15) is 37.4 Å². The minimum Gasteiger partial charge on any atom is -0.463 e. The molecule has 0 bridgehead atoms. The van der Waals surface area contributed by atoms with Gasteiger partial charge in [-0.15, -0.1) is 0 Å². The van der Waals surface area contributed by atoms with E-state index in [4.69, 9.17) is 4.42 Å². The zero-order chi connectivity index (χ0) is 14.0. The van der Waals surface area contributed by atoms with Gasteiger partial charge in [0.05, 0.1) is 0 Å². The first-order valence-corrected chi connectivity index (χ1v) is 6.35. The average Bonchev–Trinajstić information content (AvgIpc) is 2.82. The Labute approximate surface area is 112 Å². The molecule has 2 heterocycles. The molecular weight excluding hydrogens is 244 g/mol. The van der Waals surface area contributed by atoms with E-state index in [1.165, 1.54) is 0 Å². The first-order chi connectivity index (χ1) is 8.97. The largest absolute Gasteiger partial charge is 0.463 e. The van der Waals surface area contributed by atoms with Crippen LogP contribution in [-0.2, 0) is 16.8 Å². The van der Waals surface area contributed by atoms with Crippen molar-refractivity contribution in [3.63, 3.8) is 0 Å². The summed E-state index contributed by atoms with van der Waals surface area (Å²) >= 11 is 0. The van der Waals surface area contributed by atoms with Gasteiger partial charge in [-0.2, -0.15) is 0 Å². The third kappa shape index (κ3) is 2.41. The summed E-state index contributed by atoms with van der Waals surface area (Å²) in [6.07, 6.45) is 5.89. The maximum absolute atomic E-state index is 11.8. The van der Waals surface area contributed by atoms with E-state index in [1.807, 2.05) is 13.0 Å². The molecule has 2 N–H and O–H groups in total. The smallest absolute Gasteiger partial charge is 0.322 e. The van der Waals surface area contributed by atoms with Crippen LogP contribution >= 0.6 is 0 Å². The molecule has 0 aliphatic carbocycles. The van der Waals surface area contributed by atoms with Crippen molar-refractivity contribution in [3.8, 4) is 0 Å². The number of carbonyl (C=O) groups is 2. The van der Waals surface area contributed by atoms with Crippen LogP contribution in [0.25, 0.3) is 0 Å². The molecule has 3 amide bonds. The molecule has 1 saturated heterocycles. The molecule has 0 spiro atoms. The first kappa shape index (κ1) is 13.4. The van der Waals surface area contributed by atoms with Crippen LogP contribution in [0.2, 0.25) is 0 Å². The second kappa shape index (κ2) is 4.91. The van der Waals surface area contributed by atoms with Gasteiger partial charge in [0.1, 0.15) is 11.5 Å². The van der Waals surface area contributed by atoms with Gasteiger partial charge in [-0.1, -0.05) is 19.1 Å². The van der Waals surface area contributed by atoms with E-state index < -0.39 is 11.6 Å². The number of imide groups is 1. The van der Waals surface area contributed by atoms with Crippen molar-refractivity contribution in [1.82, 2.24) is 10.6 Å². The Morgan fingerprint density at radius 2 is 2.11 bits per heavy atom. The second-order valence-electron chi connectivity index (χ2n) is 4.81. The number of amides is 3. The SMILES string of the molecule is CC/C=C\Cc1cc([C@]2(C)NC(=O)NC2=O)oc1C. The monoisotopic (exact) mass is 262 g/mol. The minimum absolute atomic E-state index is 0.387. The minimum atomic E-state index is -1.12. The highest BCUT2D eigenvalue weighted by molar-refractivity contribution is 6.06. The molecule has 2 rings (SSSR count). The second-order valence-corrected chi connectivity index (χ2v) is 4.81. The lowest BCUT2D eigenvalue weighted by molar-refractivity contribution is -0.124. The third-order valence-corrected chi connectivity index (χ3v) is 3.30. The summed E-state index contributed by atoms with van der Waals surface area (Å²) in [6.45, 7) is 5.57. The molecule has 1 aromatic heterocycles. The molecule has 1 aromatic rings. The predicted molar refractivity (Wildman–Crippen MR) is 70.6 cm³/mol. The van der Waals surface area contributed by atoms with Crippen LogP contribution in [0.5, 0.6) is 0 Å². The van der Waals surface area contributed by atoms with Gasteiger partial charge in [0.2, 0.25) is 0 Å². The zero-order valence-electron chi connectivity index (χ0n) is 11.4. The average molecular weight is 262 g/mol. The van der Waals surface area contributed by atoms with E-state index in [-0.39, 0.29) is 5.91 Å². The van der Waals surface area contributed by atoms with Crippen molar-refractivity contribution >= 4 is 11.9 Å². The van der Waals surface area contributed by atoms with Gasteiger partial charge in [0, 0.05) is 0 Å². The molecule has 5 heteroatoms. The van der Waals surface area contributed by atoms with Gasteiger partial charge in [0.15, 0.2) is 5.54 Å². The van der Waals surface area contributed by atoms with Crippen LogP contribution in [0.3, 0.4) is 0 Å². The highest BCUT2D eigenvalue weighted by Crippen LogP contribution is 2.28. The van der Waals surface area contributed by atoms with Crippen LogP contribution < -0.4 is 10.6 Å². The summed E-state index contributed by atoms with van der Waals surface area (Å²) in [5, 5.41) is 4.82. The van der Waals surface area contributed by atoms with Crippen molar-refractivity contribution in [2.75, 3.05) is 0 Å². The van der Waals surface area contributed by atoms with Gasteiger partial charge in [0.25, 0.3) is 5.91 Å². The molecule has 5 nitrogen and oxygen atoms in total. The number of hydrogen-bond donors (Lipinski definition) is 2. The van der Waals surface area contributed by atoms with Gasteiger partial charge < -0.3 is 9.73 Å². The Morgan fingerprint density at radius 3 is 2.68 bits per heavy atom. The summed E-state index contributed by atoms with van der Waals surface area (Å²) in [7, 11) is 0. The number of nitrogens with one attached hydrogen (secondary N) is 2. The number of aryl methyl sites for hydroxylation is 1. The van der Waals surface area contributed by atoms with Crippen LogP contribution in [0.15, 0.2) is 22.6 Å². The Morgan fingerprint density at radius 1 is 1.37 bits per heavy atom. The lowest BCUT2D eigenvalue weighted by atomic mass is 9.98. The van der Waals surface area contributed by atoms with Crippen molar-refractivity contribution in [2.45, 2.75) is 39.2 Å². The molecule has 1 aliphatic heterocycles. The number of urea groups is 1. The van der Waals surface area contributed by atoms with Gasteiger partial charge >= 0.3 is 6.03 Å². The van der Waals surface area contributed by atoms with Crippen molar-refractivity contribution in [2.24, 2.45) is 0 Å². The molecular formula is C14H18N2O3. The van der Waals surface area contributed by atoms with Crippen molar-refractivity contribution in [1.29, 1.82) is 0 Å². The first-order valence-electron chi connectivity index (χ1n) is 6.35. The predicted octanol–water partition coefficient (Wildman–Crippen LogP) is 2.15.